The van der Waals surface area contributed by atoms with E-state index < -0.39 is 11.6 Å². The number of hydrogen-bond acceptors (Lipinski definition) is 2. The van der Waals surface area contributed by atoms with Crippen molar-refractivity contribution >= 4 is 5.91 Å². The third-order valence-electron chi connectivity index (χ3n) is 2.85. The summed E-state index contributed by atoms with van der Waals surface area (Å²) in [6, 6.07) is 3.52. The molecule has 1 unspecified atom stereocenters. The van der Waals surface area contributed by atoms with Crippen molar-refractivity contribution in [2.75, 3.05) is 6.54 Å². The van der Waals surface area contributed by atoms with Crippen molar-refractivity contribution in [1.29, 1.82) is 0 Å². The van der Waals surface area contributed by atoms with Crippen LogP contribution in [0.25, 0.3) is 0 Å². The van der Waals surface area contributed by atoms with Crippen molar-refractivity contribution in [3.05, 3.63) is 35.4 Å². The van der Waals surface area contributed by atoms with E-state index in [1.165, 1.54) is 6.07 Å². The summed E-state index contributed by atoms with van der Waals surface area (Å²) in [4.78, 5) is 10.9. The Hall–Kier alpha value is -1.49. The number of rotatable bonds is 3. The van der Waals surface area contributed by atoms with Gasteiger partial charge in [0.25, 0.3) is 0 Å². The smallest absolute Gasteiger partial charge is 0.220 e. The quantitative estimate of drug-likeness (QED) is 0.837. The van der Waals surface area contributed by atoms with Crippen LogP contribution in [0.1, 0.15) is 18.4 Å². The molecule has 0 aliphatic carbocycles. The van der Waals surface area contributed by atoms with E-state index in [9.17, 15) is 13.6 Å². The van der Waals surface area contributed by atoms with Crippen LogP contribution in [-0.2, 0) is 11.3 Å². The van der Waals surface area contributed by atoms with Crippen LogP contribution < -0.4 is 10.6 Å². The zero-order chi connectivity index (χ0) is 12.3. The molecule has 1 heterocycles. The number of halogens is 2. The number of carbonyl (C=O) groups excluding carboxylic acids is 1. The van der Waals surface area contributed by atoms with Crippen LogP contribution in [0, 0.1) is 11.6 Å². The Bertz CT molecular complexity index is 413. The van der Waals surface area contributed by atoms with Gasteiger partial charge < -0.3 is 10.6 Å². The van der Waals surface area contributed by atoms with E-state index >= 15 is 0 Å². The highest BCUT2D eigenvalue weighted by Crippen LogP contribution is 2.10. The Morgan fingerprint density at radius 1 is 1.41 bits per heavy atom. The van der Waals surface area contributed by atoms with Crippen LogP contribution in [0.15, 0.2) is 18.2 Å². The zero-order valence-electron chi connectivity index (χ0n) is 9.30. The normalized spacial score (nSPS) is 20.1. The van der Waals surface area contributed by atoms with Crippen molar-refractivity contribution in [3.63, 3.8) is 0 Å². The number of piperidine rings is 1. The molecule has 17 heavy (non-hydrogen) atoms. The second-order valence-corrected chi connectivity index (χ2v) is 4.16. The number of hydrogen-bond donors (Lipinski definition) is 2. The maximum absolute atomic E-state index is 13.3. The Morgan fingerprint density at radius 3 is 2.94 bits per heavy atom. The van der Waals surface area contributed by atoms with Gasteiger partial charge in [-0.15, -0.1) is 0 Å². The van der Waals surface area contributed by atoms with Crippen LogP contribution in [0.4, 0.5) is 8.78 Å². The fraction of sp³-hybridized carbons (Fsp3) is 0.417. The van der Waals surface area contributed by atoms with Crippen molar-refractivity contribution in [2.45, 2.75) is 25.4 Å². The minimum Gasteiger partial charge on any atom is -0.355 e. The SMILES string of the molecule is O=C1CCC(NCc2cc(F)ccc2F)CN1. The van der Waals surface area contributed by atoms with E-state index in [2.05, 4.69) is 10.6 Å². The average molecular weight is 240 g/mol. The maximum atomic E-state index is 13.3. The predicted molar refractivity (Wildman–Crippen MR) is 59.2 cm³/mol. The third-order valence-corrected chi connectivity index (χ3v) is 2.85. The summed E-state index contributed by atoms with van der Waals surface area (Å²) in [6.45, 7) is 0.805. The third kappa shape index (κ3) is 3.23. The van der Waals surface area contributed by atoms with Crippen molar-refractivity contribution in [1.82, 2.24) is 10.6 Å². The molecule has 1 aromatic rings. The first-order valence-corrected chi connectivity index (χ1v) is 5.59. The molecule has 1 atom stereocenters. The molecule has 3 nitrogen and oxygen atoms in total. The molecule has 2 rings (SSSR count). The highest BCUT2D eigenvalue weighted by atomic mass is 19.1. The largest absolute Gasteiger partial charge is 0.355 e. The van der Waals surface area contributed by atoms with E-state index in [1.54, 1.807) is 0 Å². The molecule has 0 spiro atoms. The average Bonchev–Trinajstić information content (AvgIpc) is 2.32. The predicted octanol–water partition coefficient (Wildman–Crippen LogP) is 1.33. The van der Waals surface area contributed by atoms with E-state index in [4.69, 9.17) is 0 Å². The van der Waals surface area contributed by atoms with Gasteiger partial charge in [0.2, 0.25) is 5.91 Å². The molecular weight excluding hydrogens is 226 g/mol. The number of benzene rings is 1. The highest BCUT2D eigenvalue weighted by Gasteiger charge is 2.17. The molecule has 1 aliphatic heterocycles. The maximum Gasteiger partial charge on any atom is 0.220 e. The first-order chi connectivity index (χ1) is 8.15. The lowest BCUT2D eigenvalue weighted by Gasteiger charge is -2.23. The molecule has 0 aromatic heterocycles. The lowest BCUT2D eigenvalue weighted by atomic mass is 10.1. The first kappa shape index (κ1) is 12.0. The fourth-order valence-corrected chi connectivity index (χ4v) is 1.84. The lowest BCUT2D eigenvalue weighted by Crippen LogP contribution is -2.45. The van der Waals surface area contributed by atoms with Gasteiger partial charge in [-0.2, -0.15) is 0 Å². The molecule has 2 N–H and O–H groups in total. The summed E-state index contributed by atoms with van der Waals surface area (Å²) in [6.07, 6.45) is 1.20. The molecule has 1 saturated heterocycles. The molecule has 0 radical (unpaired) electrons. The Balaban J connectivity index is 1.89. The Labute approximate surface area is 98.2 Å². The van der Waals surface area contributed by atoms with E-state index in [1.807, 2.05) is 0 Å². The zero-order valence-corrected chi connectivity index (χ0v) is 9.30. The van der Waals surface area contributed by atoms with Crippen LogP contribution in [0.5, 0.6) is 0 Å². The number of nitrogens with one attached hydrogen (secondary N) is 2. The molecular formula is C12H14F2N2O. The minimum atomic E-state index is -0.444. The summed E-state index contributed by atoms with van der Waals surface area (Å²) in [5.41, 5.74) is 0.307. The summed E-state index contributed by atoms with van der Waals surface area (Å²) in [5, 5.41) is 5.83. The molecule has 1 amide bonds. The summed E-state index contributed by atoms with van der Waals surface area (Å²) < 4.78 is 26.2. The monoisotopic (exact) mass is 240 g/mol. The Morgan fingerprint density at radius 2 is 2.24 bits per heavy atom. The summed E-state index contributed by atoms with van der Waals surface area (Å²) in [7, 11) is 0. The summed E-state index contributed by atoms with van der Waals surface area (Å²) >= 11 is 0. The van der Waals surface area contributed by atoms with E-state index in [-0.39, 0.29) is 18.5 Å². The lowest BCUT2D eigenvalue weighted by molar-refractivity contribution is -0.122. The van der Waals surface area contributed by atoms with Gasteiger partial charge in [0.1, 0.15) is 11.6 Å². The van der Waals surface area contributed by atoms with Crippen molar-refractivity contribution in [3.8, 4) is 0 Å². The van der Waals surface area contributed by atoms with Crippen LogP contribution in [-0.4, -0.2) is 18.5 Å². The second kappa shape index (κ2) is 5.23. The minimum absolute atomic E-state index is 0.0417. The van der Waals surface area contributed by atoms with Gasteiger partial charge in [-0.3, -0.25) is 4.79 Å². The highest BCUT2D eigenvalue weighted by molar-refractivity contribution is 5.76. The molecule has 1 aliphatic rings. The fourth-order valence-electron chi connectivity index (χ4n) is 1.84. The van der Waals surface area contributed by atoms with Crippen molar-refractivity contribution in [2.24, 2.45) is 0 Å². The summed E-state index contributed by atoms with van der Waals surface area (Å²) in [5.74, 6) is -0.820. The molecule has 5 heteroatoms. The van der Waals surface area contributed by atoms with Gasteiger partial charge in [0, 0.05) is 31.1 Å². The second-order valence-electron chi connectivity index (χ2n) is 4.16. The number of carbonyl (C=O) groups is 1. The van der Waals surface area contributed by atoms with Gasteiger partial charge in [0.05, 0.1) is 0 Å². The molecule has 92 valence electrons. The molecule has 0 bridgehead atoms. The van der Waals surface area contributed by atoms with Gasteiger partial charge in [0.15, 0.2) is 0 Å². The standard InChI is InChI=1S/C12H14F2N2O/c13-9-1-3-11(14)8(5-9)6-15-10-2-4-12(17)16-7-10/h1,3,5,10,15H,2,4,6-7H2,(H,16,17). The van der Waals surface area contributed by atoms with Gasteiger partial charge >= 0.3 is 0 Å². The van der Waals surface area contributed by atoms with E-state index in [0.29, 0.717) is 18.5 Å². The van der Waals surface area contributed by atoms with E-state index in [0.717, 1.165) is 18.6 Å². The van der Waals surface area contributed by atoms with Crippen LogP contribution >= 0.6 is 0 Å². The number of amides is 1. The van der Waals surface area contributed by atoms with Gasteiger partial charge in [-0.05, 0) is 24.6 Å². The van der Waals surface area contributed by atoms with Gasteiger partial charge in [-0.25, -0.2) is 8.78 Å². The topological polar surface area (TPSA) is 41.1 Å². The first-order valence-electron chi connectivity index (χ1n) is 5.59. The molecule has 0 saturated carbocycles. The van der Waals surface area contributed by atoms with Crippen LogP contribution in [0.2, 0.25) is 0 Å². The van der Waals surface area contributed by atoms with Crippen molar-refractivity contribution < 1.29 is 13.6 Å². The van der Waals surface area contributed by atoms with Crippen LogP contribution in [0.3, 0.4) is 0 Å². The molecule has 1 aromatic carbocycles. The molecule has 1 fully saturated rings. The van der Waals surface area contributed by atoms with Gasteiger partial charge in [-0.1, -0.05) is 0 Å². The Kier molecular flexibility index (Phi) is 3.68.